The van der Waals surface area contributed by atoms with Gasteiger partial charge in [0.15, 0.2) is 10.2 Å². The molecule has 1 aromatic carbocycles. The highest BCUT2D eigenvalue weighted by Crippen LogP contribution is 2.10. The number of hydrogen-bond acceptors (Lipinski definition) is 3. The Labute approximate surface area is 87.7 Å². The van der Waals surface area contributed by atoms with Crippen LogP contribution in [0.3, 0.4) is 0 Å². The van der Waals surface area contributed by atoms with E-state index in [1.807, 2.05) is 30.3 Å². The van der Waals surface area contributed by atoms with E-state index in [4.69, 9.17) is 0 Å². The van der Waals surface area contributed by atoms with Crippen LogP contribution in [0.25, 0.3) is 0 Å². The number of hydrogen-bond donors (Lipinski definition) is 0. The largest absolute Gasteiger partial charge is 0.287 e. The van der Waals surface area contributed by atoms with Gasteiger partial charge in [-0.1, -0.05) is 30.3 Å². The lowest BCUT2D eigenvalue weighted by atomic mass is 10.1. The predicted molar refractivity (Wildman–Crippen MR) is 58.0 cm³/mol. The third kappa shape index (κ3) is 4.23. The molecule has 1 aromatic rings. The minimum absolute atomic E-state index is 0.0543. The summed E-state index contributed by atoms with van der Waals surface area (Å²) in [6.45, 7) is 1.41. The standard InChI is InChI=1S/C11H12O2S/c1-9(12)14-11(13)8-7-10-5-3-2-4-6-10/h2-6H,7-8H2,1H3. The van der Waals surface area contributed by atoms with Crippen LogP contribution in [0.5, 0.6) is 0 Å². The van der Waals surface area contributed by atoms with Crippen LogP contribution in [0.2, 0.25) is 0 Å². The van der Waals surface area contributed by atoms with E-state index in [0.717, 1.165) is 17.3 Å². The van der Waals surface area contributed by atoms with Crippen molar-refractivity contribution in [1.82, 2.24) is 0 Å². The van der Waals surface area contributed by atoms with Gasteiger partial charge in [-0.05, 0) is 23.7 Å². The molecule has 2 nitrogen and oxygen atoms in total. The predicted octanol–water partition coefficient (Wildman–Crippen LogP) is 2.43. The molecule has 74 valence electrons. The molecule has 0 aliphatic carbocycles. The first-order valence-electron chi connectivity index (χ1n) is 4.43. The maximum atomic E-state index is 11.2. The third-order valence-electron chi connectivity index (χ3n) is 1.72. The average molecular weight is 208 g/mol. The van der Waals surface area contributed by atoms with E-state index in [0.29, 0.717) is 12.8 Å². The molecule has 0 unspecified atom stereocenters. The molecule has 1 rings (SSSR count). The summed E-state index contributed by atoms with van der Waals surface area (Å²) >= 11 is 0.796. The Hall–Kier alpha value is -1.09. The molecule has 0 bridgehead atoms. The van der Waals surface area contributed by atoms with Crippen molar-refractivity contribution in [1.29, 1.82) is 0 Å². The molecule has 0 saturated heterocycles. The van der Waals surface area contributed by atoms with Crippen molar-refractivity contribution in [3.63, 3.8) is 0 Å². The van der Waals surface area contributed by atoms with Crippen molar-refractivity contribution in [3.05, 3.63) is 35.9 Å². The van der Waals surface area contributed by atoms with Crippen molar-refractivity contribution in [2.75, 3.05) is 0 Å². The van der Waals surface area contributed by atoms with Gasteiger partial charge in [-0.15, -0.1) is 0 Å². The number of aryl methyl sites for hydroxylation is 1. The van der Waals surface area contributed by atoms with Crippen LogP contribution in [0.15, 0.2) is 30.3 Å². The quantitative estimate of drug-likeness (QED) is 0.765. The van der Waals surface area contributed by atoms with Crippen LogP contribution in [0.4, 0.5) is 0 Å². The molecule has 3 heteroatoms. The molecule has 14 heavy (non-hydrogen) atoms. The van der Waals surface area contributed by atoms with Gasteiger partial charge in [0.25, 0.3) is 0 Å². The van der Waals surface area contributed by atoms with Gasteiger partial charge in [0.2, 0.25) is 0 Å². The lowest BCUT2D eigenvalue weighted by Crippen LogP contribution is -1.98. The van der Waals surface area contributed by atoms with Gasteiger partial charge in [0, 0.05) is 13.3 Å². The second-order valence-electron chi connectivity index (χ2n) is 2.95. The second kappa shape index (κ2) is 5.60. The second-order valence-corrected chi connectivity index (χ2v) is 4.19. The highest BCUT2D eigenvalue weighted by Gasteiger charge is 2.05. The monoisotopic (exact) mass is 208 g/mol. The Balaban J connectivity index is 2.34. The minimum Gasteiger partial charge on any atom is -0.287 e. The average Bonchev–Trinajstić information content (AvgIpc) is 2.15. The zero-order chi connectivity index (χ0) is 10.4. The van der Waals surface area contributed by atoms with Crippen LogP contribution in [0, 0.1) is 0 Å². The smallest absolute Gasteiger partial charge is 0.196 e. The molecule has 0 aromatic heterocycles. The van der Waals surface area contributed by atoms with Gasteiger partial charge in [0.1, 0.15) is 0 Å². The Morgan fingerprint density at radius 3 is 2.43 bits per heavy atom. The number of thioether (sulfide) groups is 1. The minimum atomic E-state index is -0.136. The molecule has 0 spiro atoms. The maximum absolute atomic E-state index is 11.2. The van der Waals surface area contributed by atoms with Crippen LogP contribution < -0.4 is 0 Å². The number of benzene rings is 1. The molecular formula is C11H12O2S. The summed E-state index contributed by atoms with van der Waals surface area (Å²) in [7, 11) is 0. The molecule has 0 saturated carbocycles. The summed E-state index contributed by atoms with van der Waals surface area (Å²) in [5.74, 6) is 0. The fraction of sp³-hybridized carbons (Fsp3) is 0.273. The molecule has 0 N–H and O–H groups in total. The normalized spacial score (nSPS) is 9.79. The van der Waals surface area contributed by atoms with Gasteiger partial charge < -0.3 is 0 Å². The number of carbonyl (C=O) groups is 2. The first-order chi connectivity index (χ1) is 6.68. The Kier molecular flexibility index (Phi) is 4.40. The molecule has 0 radical (unpaired) electrons. The summed E-state index contributed by atoms with van der Waals surface area (Å²) in [6, 6.07) is 9.78. The van der Waals surface area contributed by atoms with E-state index >= 15 is 0 Å². The molecule has 0 aliphatic rings. The van der Waals surface area contributed by atoms with Crippen molar-refractivity contribution in [2.24, 2.45) is 0 Å². The lowest BCUT2D eigenvalue weighted by molar-refractivity contribution is -0.112. The molecule has 0 heterocycles. The van der Waals surface area contributed by atoms with Gasteiger partial charge in [0.05, 0.1) is 0 Å². The van der Waals surface area contributed by atoms with Gasteiger partial charge in [-0.3, -0.25) is 9.59 Å². The molecule has 0 fully saturated rings. The Morgan fingerprint density at radius 1 is 1.21 bits per heavy atom. The number of carbonyl (C=O) groups excluding carboxylic acids is 2. The summed E-state index contributed by atoms with van der Waals surface area (Å²) in [5, 5.41) is -0.190. The van der Waals surface area contributed by atoms with E-state index < -0.39 is 0 Å². The fourth-order valence-electron chi connectivity index (χ4n) is 1.10. The van der Waals surface area contributed by atoms with Crippen LogP contribution in [-0.4, -0.2) is 10.2 Å². The summed E-state index contributed by atoms with van der Waals surface area (Å²) in [5.41, 5.74) is 1.13. The van der Waals surface area contributed by atoms with Gasteiger partial charge >= 0.3 is 0 Å². The van der Waals surface area contributed by atoms with E-state index in [2.05, 4.69) is 0 Å². The highest BCUT2D eigenvalue weighted by atomic mass is 32.2. The van der Waals surface area contributed by atoms with Crippen LogP contribution in [-0.2, 0) is 16.0 Å². The zero-order valence-electron chi connectivity index (χ0n) is 8.03. The Bertz CT molecular complexity index is 319. The first kappa shape index (κ1) is 11.0. The zero-order valence-corrected chi connectivity index (χ0v) is 8.84. The summed E-state index contributed by atoms with van der Waals surface area (Å²) in [4.78, 5) is 21.8. The van der Waals surface area contributed by atoms with Crippen molar-refractivity contribution >= 4 is 22.0 Å². The third-order valence-corrected chi connectivity index (χ3v) is 2.44. The highest BCUT2D eigenvalue weighted by molar-refractivity contribution is 8.26. The molecule has 0 atom stereocenters. The molecular weight excluding hydrogens is 196 g/mol. The maximum Gasteiger partial charge on any atom is 0.196 e. The fourth-order valence-corrected chi connectivity index (χ4v) is 1.63. The topological polar surface area (TPSA) is 34.1 Å². The van der Waals surface area contributed by atoms with E-state index in [9.17, 15) is 9.59 Å². The van der Waals surface area contributed by atoms with E-state index in [-0.39, 0.29) is 10.2 Å². The SMILES string of the molecule is CC(=O)SC(=O)CCc1ccccc1. The number of rotatable bonds is 3. The first-order valence-corrected chi connectivity index (χ1v) is 5.25. The van der Waals surface area contributed by atoms with Gasteiger partial charge in [-0.2, -0.15) is 0 Å². The molecule has 0 aliphatic heterocycles. The summed E-state index contributed by atoms with van der Waals surface area (Å²) < 4.78 is 0. The van der Waals surface area contributed by atoms with Crippen molar-refractivity contribution in [2.45, 2.75) is 19.8 Å². The van der Waals surface area contributed by atoms with Crippen LogP contribution >= 0.6 is 11.8 Å². The lowest BCUT2D eigenvalue weighted by Gasteiger charge is -1.98. The van der Waals surface area contributed by atoms with E-state index in [1.165, 1.54) is 6.92 Å². The Morgan fingerprint density at radius 2 is 1.86 bits per heavy atom. The van der Waals surface area contributed by atoms with E-state index in [1.54, 1.807) is 0 Å². The van der Waals surface area contributed by atoms with Gasteiger partial charge in [-0.25, -0.2) is 0 Å². The molecule has 0 amide bonds. The van der Waals surface area contributed by atoms with Crippen LogP contribution in [0.1, 0.15) is 18.9 Å². The van der Waals surface area contributed by atoms with Crippen molar-refractivity contribution in [3.8, 4) is 0 Å². The van der Waals surface area contributed by atoms with Crippen molar-refractivity contribution < 1.29 is 9.59 Å². The summed E-state index contributed by atoms with van der Waals surface area (Å²) in [6.07, 6.45) is 1.13.